The molecule has 0 aliphatic carbocycles. The van der Waals surface area contributed by atoms with Gasteiger partial charge in [-0.25, -0.2) is 0 Å². The van der Waals surface area contributed by atoms with Crippen LogP contribution >= 0.6 is 11.3 Å². The Morgan fingerprint density at radius 3 is 2.94 bits per heavy atom. The number of hydrogen-bond donors (Lipinski definition) is 3. The first kappa shape index (κ1) is 11.1. The maximum atomic E-state index is 5.87. The number of pyridine rings is 1. The Kier molecular flexibility index (Phi) is 3.51. The van der Waals surface area contributed by atoms with Crippen LogP contribution in [0, 0.1) is 0 Å². The fourth-order valence-corrected chi connectivity index (χ4v) is 2.29. The first-order chi connectivity index (χ1) is 7.81. The van der Waals surface area contributed by atoms with Crippen molar-refractivity contribution in [3.8, 4) is 0 Å². The first-order valence-electron chi connectivity index (χ1n) is 4.98. The zero-order chi connectivity index (χ0) is 11.4. The Bertz CT molecular complexity index is 441. The van der Waals surface area contributed by atoms with E-state index in [-0.39, 0.29) is 6.04 Å². The molecule has 2 rings (SSSR count). The van der Waals surface area contributed by atoms with E-state index in [0.717, 1.165) is 17.7 Å². The Morgan fingerprint density at radius 2 is 2.31 bits per heavy atom. The summed E-state index contributed by atoms with van der Waals surface area (Å²) in [4.78, 5) is 4.07. The molecule has 0 radical (unpaired) electrons. The van der Waals surface area contributed by atoms with Crippen molar-refractivity contribution in [2.24, 2.45) is 5.84 Å². The van der Waals surface area contributed by atoms with Crippen LogP contribution in [0.1, 0.15) is 17.2 Å². The SMILES string of the molecule is NNC(Cc1cnccc1N)c1ccsc1. The molecule has 2 aromatic rings. The standard InChI is InChI=1S/C11H14N4S/c12-10-1-3-14-6-9(10)5-11(15-13)8-2-4-16-7-8/h1-4,6-7,11,15H,5,13H2,(H2,12,14). The van der Waals surface area contributed by atoms with Gasteiger partial charge in [0.1, 0.15) is 0 Å². The molecule has 5 heteroatoms. The number of nitrogens with two attached hydrogens (primary N) is 2. The molecular formula is C11H14N4S. The maximum Gasteiger partial charge on any atom is 0.0509 e. The Labute approximate surface area is 98.3 Å². The molecule has 1 atom stereocenters. The monoisotopic (exact) mass is 234 g/mol. The van der Waals surface area contributed by atoms with E-state index < -0.39 is 0 Å². The molecule has 0 amide bonds. The molecule has 0 bridgehead atoms. The van der Waals surface area contributed by atoms with Crippen LogP contribution in [-0.2, 0) is 6.42 Å². The van der Waals surface area contributed by atoms with Crippen molar-refractivity contribution in [3.05, 3.63) is 46.4 Å². The number of hydrogen-bond acceptors (Lipinski definition) is 5. The van der Waals surface area contributed by atoms with Crippen LogP contribution in [0.5, 0.6) is 0 Å². The highest BCUT2D eigenvalue weighted by Gasteiger charge is 2.12. The molecule has 2 heterocycles. The summed E-state index contributed by atoms with van der Waals surface area (Å²) in [5.41, 5.74) is 11.6. The minimum absolute atomic E-state index is 0.0812. The molecule has 0 spiro atoms. The van der Waals surface area contributed by atoms with Crippen molar-refractivity contribution in [2.45, 2.75) is 12.5 Å². The molecule has 1 unspecified atom stereocenters. The summed E-state index contributed by atoms with van der Waals surface area (Å²) < 4.78 is 0. The second kappa shape index (κ2) is 5.07. The van der Waals surface area contributed by atoms with Crippen LogP contribution in [0.25, 0.3) is 0 Å². The second-order valence-electron chi connectivity index (χ2n) is 3.55. The summed E-state index contributed by atoms with van der Waals surface area (Å²) in [6.45, 7) is 0. The van der Waals surface area contributed by atoms with E-state index >= 15 is 0 Å². The number of nitrogens with zero attached hydrogens (tertiary/aromatic N) is 1. The molecule has 2 aromatic heterocycles. The second-order valence-corrected chi connectivity index (χ2v) is 4.33. The first-order valence-corrected chi connectivity index (χ1v) is 5.92. The van der Waals surface area contributed by atoms with Gasteiger partial charge in [-0.15, -0.1) is 0 Å². The molecule has 0 saturated carbocycles. The van der Waals surface area contributed by atoms with Crippen molar-refractivity contribution in [3.63, 3.8) is 0 Å². The van der Waals surface area contributed by atoms with E-state index in [0.29, 0.717) is 0 Å². The lowest BCUT2D eigenvalue weighted by molar-refractivity contribution is 0.553. The molecular weight excluding hydrogens is 220 g/mol. The van der Waals surface area contributed by atoms with E-state index in [1.165, 1.54) is 5.56 Å². The highest BCUT2D eigenvalue weighted by molar-refractivity contribution is 7.07. The van der Waals surface area contributed by atoms with E-state index in [4.69, 9.17) is 11.6 Å². The van der Waals surface area contributed by atoms with Gasteiger partial charge in [0.25, 0.3) is 0 Å². The van der Waals surface area contributed by atoms with Gasteiger partial charge in [-0.3, -0.25) is 16.3 Å². The summed E-state index contributed by atoms with van der Waals surface area (Å²) in [5, 5.41) is 4.11. The topological polar surface area (TPSA) is 77.0 Å². The Morgan fingerprint density at radius 1 is 1.44 bits per heavy atom. The normalized spacial score (nSPS) is 12.6. The van der Waals surface area contributed by atoms with Crippen LogP contribution in [0.3, 0.4) is 0 Å². The molecule has 0 fully saturated rings. The predicted octanol–water partition coefficient (Wildman–Crippen LogP) is 1.47. The van der Waals surface area contributed by atoms with Gasteiger partial charge in [-0.05, 0) is 40.4 Å². The summed E-state index contributed by atoms with van der Waals surface area (Å²) in [6, 6.07) is 3.94. The summed E-state index contributed by atoms with van der Waals surface area (Å²) in [7, 11) is 0. The maximum absolute atomic E-state index is 5.87. The van der Waals surface area contributed by atoms with Gasteiger partial charge >= 0.3 is 0 Å². The van der Waals surface area contributed by atoms with Gasteiger partial charge in [-0.1, -0.05) is 0 Å². The fraction of sp³-hybridized carbons (Fsp3) is 0.182. The molecule has 0 aliphatic heterocycles. The van der Waals surface area contributed by atoms with Crippen LogP contribution in [0.15, 0.2) is 35.3 Å². The largest absolute Gasteiger partial charge is 0.398 e. The molecule has 84 valence electrons. The number of rotatable bonds is 4. The smallest absolute Gasteiger partial charge is 0.0509 e. The number of hydrazine groups is 1. The predicted molar refractivity (Wildman–Crippen MR) is 66.7 cm³/mol. The van der Waals surface area contributed by atoms with Crippen LogP contribution in [0.4, 0.5) is 5.69 Å². The minimum Gasteiger partial charge on any atom is -0.398 e. The number of thiophene rings is 1. The summed E-state index contributed by atoms with van der Waals surface area (Å²) in [5.74, 6) is 5.56. The third kappa shape index (κ3) is 2.38. The summed E-state index contributed by atoms with van der Waals surface area (Å²) >= 11 is 1.66. The van der Waals surface area contributed by atoms with Crippen molar-refractivity contribution < 1.29 is 0 Å². The molecule has 16 heavy (non-hydrogen) atoms. The van der Waals surface area contributed by atoms with Crippen LogP contribution < -0.4 is 17.0 Å². The minimum atomic E-state index is 0.0812. The van der Waals surface area contributed by atoms with Crippen molar-refractivity contribution in [1.82, 2.24) is 10.4 Å². The van der Waals surface area contributed by atoms with E-state index in [9.17, 15) is 0 Å². The average molecular weight is 234 g/mol. The average Bonchev–Trinajstić information content (AvgIpc) is 2.81. The van der Waals surface area contributed by atoms with Gasteiger partial charge in [0.2, 0.25) is 0 Å². The van der Waals surface area contributed by atoms with E-state index in [2.05, 4.69) is 21.9 Å². The van der Waals surface area contributed by atoms with Crippen molar-refractivity contribution >= 4 is 17.0 Å². The molecule has 5 N–H and O–H groups in total. The van der Waals surface area contributed by atoms with Gasteiger partial charge in [0, 0.05) is 18.1 Å². The Hall–Kier alpha value is -1.43. The molecule has 0 aromatic carbocycles. The van der Waals surface area contributed by atoms with Gasteiger partial charge in [0.05, 0.1) is 6.04 Å². The molecule has 4 nitrogen and oxygen atoms in total. The Balaban J connectivity index is 2.17. The van der Waals surface area contributed by atoms with Gasteiger partial charge in [0.15, 0.2) is 0 Å². The highest BCUT2D eigenvalue weighted by atomic mass is 32.1. The van der Waals surface area contributed by atoms with Gasteiger partial charge in [-0.2, -0.15) is 11.3 Å². The third-order valence-electron chi connectivity index (χ3n) is 2.51. The number of aromatic nitrogens is 1. The quantitative estimate of drug-likeness (QED) is 0.553. The third-order valence-corrected chi connectivity index (χ3v) is 3.21. The lowest BCUT2D eigenvalue weighted by atomic mass is 10.0. The van der Waals surface area contributed by atoms with Gasteiger partial charge < -0.3 is 5.73 Å². The van der Waals surface area contributed by atoms with Crippen molar-refractivity contribution in [1.29, 1.82) is 0 Å². The zero-order valence-electron chi connectivity index (χ0n) is 8.76. The number of nitrogen functional groups attached to an aromatic ring is 1. The van der Waals surface area contributed by atoms with Crippen LogP contribution in [-0.4, -0.2) is 4.98 Å². The lowest BCUT2D eigenvalue weighted by Crippen LogP contribution is -2.29. The van der Waals surface area contributed by atoms with Crippen LogP contribution in [0.2, 0.25) is 0 Å². The fourth-order valence-electron chi connectivity index (χ4n) is 1.57. The van der Waals surface area contributed by atoms with Crippen molar-refractivity contribution in [2.75, 3.05) is 5.73 Å². The number of nitrogens with one attached hydrogen (secondary N) is 1. The summed E-state index contributed by atoms with van der Waals surface area (Å²) in [6.07, 6.45) is 4.22. The molecule has 0 aliphatic rings. The zero-order valence-corrected chi connectivity index (χ0v) is 9.58. The van der Waals surface area contributed by atoms with E-state index in [1.807, 2.05) is 5.38 Å². The molecule has 0 saturated heterocycles. The lowest BCUT2D eigenvalue weighted by Gasteiger charge is -2.15. The van der Waals surface area contributed by atoms with E-state index in [1.54, 1.807) is 29.8 Å². The highest BCUT2D eigenvalue weighted by Crippen LogP contribution is 2.22. The number of anilines is 1.